The van der Waals surface area contributed by atoms with Crippen molar-refractivity contribution < 1.29 is 4.79 Å². The maximum Gasteiger partial charge on any atom is 0.241 e. The summed E-state index contributed by atoms with van der Waals surface area (Å²) in [6, 6.07) is 3.83. The van der Waals surface area contributed by atoms with E-state index in [9.17, 15) is 4.79 Å². The molecule has 1 rings (SSSR count). The van der Waals surface area contributed by atoms with E-state index in [1.165, 1.54) is 6.08 Å². The number of hydrogen-bond acceptors (Lipinski definition) is 3. The molecule has 0 spiro atoms. The molecule has 1 heterocycles. The standard InChI is InChI=1S/C10H12N2OS/c1-2-14-10-6-4-8(7-12-10)3-5-9(11)13/h3-7H,2H2,1H3,(H2,11,13)/b5-3+. The van der Waals surface area contributed by atoms with Crippen LogP contribution in [0.2, 0.25) is 0 Å². The minimum absolute atomic E-state index is 0.447. The Morgan fingerprint density at radius 3 is 2.93 bits per heavy atom. The summed E-state index contributed by atoms with van der Waals surface area (Å²) in [5.41, 5.74) is 5.85. The number of pyridine rings is 1. The van der Waals surface area contributed by atoms with Crippen LogP contribution in [0.15, 0.2) is 29.4 Å². The molecule has 1 aromatic rings. The molecular weight excluding hydrogens is 196 g/mol. The zero-order valence-electron chi connectivity index (χ0n) is 7.93. The first kappa shape index (κ1) is 10.8. The number of amides is 1. The van der Waals surface area contributed by atoms with Crippen LogP contribution in [0.4, 0.5) is 0 Å². The molecule has 4 heteroatoms. The second kappa shape index (κ2) is 5.44. The minimum atomic E-state index is -0.447. The number of hydrogen-bond donors (Lipinski definition) is 1. The Morgan fingerprint density at radius 1 is 1.64 bits per heavy atom. The normalized spacial score (nSPS) is 10.6. The molecule has 0 saturated carbocycles. The Morgan fingerprint density at radius 2 is 2.43 bits per heavy atom. The Kier molecular flexibility index (Phi) is 4.19. The van der Waals surface area contributed by atoms with Gasteiger partial charge in [-0.1, -0.05) is 13.0 Å². The van der Waals surface area contributed by atoms with Crippen LogP contribution >= 0.6 is 11.8 Å². The maximum absolute atomic E-state index is 10.5. The third-order valence-electron chi connectivity index (χ3n) is 1.49. The number of nitrogens with two attached hydrogens (primary N) is 1. The van der Waals surface area contributed by atoms with E-state index in [4.69, 9.17) is 5.73 Å². The first-order valence-corrected chi connectivity index (χ1v) is 5.27. The zero-order valence-corrected chi connectivity index (χ0v) is 8.75. The van der Waals surface area contributed by atoms with E-state index >= 15 is 0 Å². The largest absolute Gasteiger partial charge is 0.366 e. The molecule has 14 heavy (non-hydrogen) atoms. The van der Waals surface area contributed by atoms with Crippen LogP contribution in [0.3, 0.4) is 0 Å². The monoisotopic (exact) mass is 208 g/mol. The van der Waals surface area contributed by atoms with Gasteiger partial charge in [-0.2, -0.15) is 0 Å². The highest BCUT2D eigenvalue weighted by Crippen LogP contribution is 2.14. The molecule has 1 aromatic heterocycles. The van der Waals surface area contributed by atoms with Gasteiger partial charge in [0.1, 0.15) is 0 Å². The number of primary amides is 1. The fraction of sp³-hybridized carbons (Fsp3) is 0.200. The van der Waals surface area contributed by atoms with Crippen molar-refractivity contribution in [1.82, 2.24) is 4.98 Å². The molecule has 0 atom stereocenters. The Labute approximate surface area is 87.4 Å². The van der Waals surface area contributed by atoms with Crippen molar-refractivity contribution in [2.75, 3.05) is 5.75 Å². The van der Waals surface area contributed by atoms with Gasteiger partial charge in [0.05, 0.1) is 5.03 Å². The molecule has 0 aromatic carbocycles. The summed E-state index contributed by atoms with van der Waals surface area (Å²) in [6.45, 7) is 2.08. The third-order valence-corrected chi connectivity index (χ3v) is 2.32. The second-order valence-electron chi connectivity index (χ2n) is 2.60. The Bertz CT molecular complexity index is 332. The quantitative estimate of drug-likeness (QED) is 0.605. The van der Waals surface area contributed by atoms with Crippen LogP contribution in [0, 0.1) is 0 Å². The number of thioether (sulfide) groups is 1. The van der Waals surface area contributed by atoms with Crippen LogP contribution < -0.4 is 5.73 Å². The van der Waals surface area contributed by atoms with E-state index in [-0.39, 0.29) is 0 Å². The average Bonchev–Trinajstić information content (AvgIpc) is 2.17. The predicted octanol–water partition coefficient (Wildman–Crippen LogP) is 1.69. The van der Waals surface area contributed by atoms with Gasteiger partial charge in [0, 0.05) is 12.3 Å². The van der Waals surface area contributed by atoms with Crippen LogP contribution in [0.25, 0.3) is 6.08 Å². The number of carbonyl (C=O) groups is 1. The van der Waals surface area contributed by atoms with Crippen molar-refractivity contribution in [1.29, 1.82) is 0 Å². The highest BCUT2D eigenvalue weighted by molar-refractivity contribution is 7.99. The van der Waals surface area contributed by atoms with Gasteiger partial charge in [-0.05, 0) is 23.5 Å². The van der Waals surface area contributed by atoms with Gasteiger partial charge in [0.2, 0.25) is 5.91 Å². The van der Waals surface area contributed by atoms with Crippen molar-refractivity contribution in [3.8, 4) is 0 Å². The predicted molar refractivity (Wildman–Crippen MR) is 58.9 cm³/mol. The van der Waals surface area contributed by atoms with Gasteiger partial charge in [0.25, 0.3) is 0 Å². The van der Waals surface area contributed by atoms with Crippen molar-refractivity contribution in [2.45, 2.75) is 11.9 Å². The Hall–Kier alpha value is -1.29. The van der Waals surface area contributed by atoms with Crippen molar-refractivity contribution >= 4 is 23.7 Å². The van der Waals surface area contributed by atoms with E-state index in [0.29, 0.717) is 0 Å². The molecule has 2 N–H and O–H groups in total. The molecule has 0 aliphatic heterocycles. The zero-order chi connectivity index (χ0) is 10.4. The van der Waals surface area contributed by atoms with Crippen molar-refractivity contribution in [3.05, 3.63) is 30.0 Å². The maximum atomic E-state index is 10.5. The molecule has 1 amide bonds. The molecule has 0 unspecified atom stereocenters. The summed E-state index contributed by atoms with van der Waals surface area (Å²) < 4.78 is 0. The Balaban J connectivity index is 2.68. The fourth-order valence-electron chi connectivity index (χ4n) is 0.902. The van der Waals surface area contributed by atoms with Gasteiger partial charge in [-0.15, -0.1) is 11.8 Å². The summed E-state index contributed by atoms with van der Waals surface area (Å²) in [5.74, 6) is 0.556. The number of aromatic nitrogens is 1. The lowest BCUT2D eigenvalue weighted by Gasteiger charge is -1.97. The van der Waals surface area contributed by atoms with Crippen LogP contribution in [0.5, 0.6) is 0 Å². The molecule has 0 aliphatic carbocycles. The van der Waals surface area contributed by atoms with Gasteiger partial charge in [-0.25, -0.2) is 4.98 Å². The molecule has 0 saturated heterocycles. The number of rotatable bonds is 4. The van der Waals surface area contributed by atoms with Crippen molar-refractivity contribution in [3.63, 3.8) is 0 Å². The van der Waals surface area contributed by atoms with Crippen LogP contribution in [-0.4, -0.2) is 16.6 Å². The smallest absolute Gasteiger partial charge is 0.241 e. The van der Waals surface area contributed by atoms with Gasteiger partial charge in [-0.3, -0.25) is 4.79 Å². The van der Waals surface area contributed by atoms with E-state index < -0.39 is 5.91 Å². The first-order valence-electron chi connectivity index (χ1n) is 4.28. The van der Waals surface area contributed by atoms with E-state index in [1.54, 1.807) is 24.0 Å². The molecule has 0 bridgehead atoms. The second-order valence-corrected chi connectivity index (χ2v) is 3.88. The van der Waals surface area contributed by atoms with Crippen LogP contribution in [0.1, 0.15) is 12.5 Å². The van der Waals surface area contributed by atoms with Gasteiger partial charge < -0.3 is 5.73 Å². The summed E-state index contributed by atoms with van der Waals surface area (Å²) in [6.07, 6.45) is 4.69. The summed E-state index contributed by atoms with van der Waals surface area (Å²) in [7, 11) is 0. The van der Waals surface area contributed by atoms with Gasteiger partial charge >= 0.3 is 0 Å². The fourth-order valence-corrected chi connectivity index (χ4v) is 1.49. The SMILES string of the molecule is CCSc1ccc(/C=C/C(N)=O)cn1. The van der Waals surface area contributed by atoms with E-state index in [2.05, 4.69) is 11.9 Å². The van der Waals surface area contributed by atoms with E-state index in [0.717, 1.165) is 16.3 Å². The highest BCUT2D eigenvalue weighted by Gasteiger charge is 1.93. The topological polar surface area (TPSA) is 56.0 Å². The average molecular weight is 208 g/mol. The summed E-state index contributed by atoms with van der Waals surface area (Å²) in [4.78, 5) is 14.7. The molecule has 3 nitrogen and oxygen atoms in total. The van der Waals surface area contributed by atoms with Crippen LogP contribution in [-0.2, 0) is 4.79 Å². The lowest BCUT2D eigenvalue weighted by Crippen LogP contribution is -2.05. The lowest BCUT2D eigenvalue weighted by atomic mass is 10.2. The molecule has 0 radical (unpaired) electrons. The van der Waals surface area contributed by atoms with E-state index in [1.807, 2.05) is 12.1 Å². The molecule has 0 aliphatic rings. The minimum Gasteiger partial charge on any atom is -0.366 e. The first-order chi connectivity index (χ1) is 6.72. The highest BCUT2D eigenvalue weighted by atomic mass is 32.2. The number of nitrogens with zero attached hydrogens (tertiary/aromatic N) is 1. The molecule has 74 valence electrons. The lowest BCUT2D eigenvalue weighted by molar-refractivity contribution is -0.113. The third kappa shape index (κ3) is 3.62. The molecular formula is C10H12N2OS. The van der Waals surface area contributed by atoms with Gasteiger partial charge in [0.15, 0.2) is 0 Å². The molecule has 0 fully saturated rings. The van der Waals surface area contributed by atoms with Crippen molar-refractivity contribution in [2.24, 2.45) is 5.73 Å². The summed E-state index contributed by atoms with van der Waals surface area (Å²) >= 11 is 1.68. The summed E-state index contributed by atoms with van der Waals surface area (Å²) in [5, 5.41) is 0.990. The number of carbonyl (C=O) groups excluding carboxylic acids is 1.